The van der Waals surface area contributed by atoms with E-state index in [0.29, 0.717) is 11.2 Å². The Hall–Kier alpha value is -2.55. The van der Waals surface area contributed by atoms with Crippen LogP contribution < -0.4 is 22.5 Å². The summed E-state index contributed by atoms with van der Waals surface area (Å²) >= 11 is 0. The van der Waals surface area contributed by atoms with E-state index in [2.05, 4.69) is 20.3 Å². The Balaban J connectivity index is 0.00000481. The van der Waals surface area contributed by atoms with Crippen LogP contribution in [0.4, 0.5) is 11.8 Å². The molecule has 1 amide bonds. The molecule has 17 heteroatoms. The van der Waals surface area contributed by atoms with E-state index in [4.69, 9.17) is 35.7 Å². The van der Waals surface area contributed by atoms with Gasteiger partial charge in [0.05, 0.1) is 38.2 Å². The highest BCUT2D eigenvalue weighted by molar-refractivity contribution is 7.53. The summed E-state index contributed by atoms with van der Waals surface area (Å²) in [4.78, 5) is 37.1. The number of imidazole rings is 1. The first-order chi connectivity index (χ1) is 16.9. The maximum absolute atomic E-state index is 13.0. The van der Waals surface area contributed by atoms with Gasteiger partial charge in [0.1, 0.15) is 18.0 Å². The minimum atomic E-state index is -3.72. The highest BCUT2D eigenvalue weighted by atomic mass is 35.5. The number of rotatable bonds is 10. The van der Waals surface area contributed by atoms with Crippen LogP contribution in [-0.2, 0) is 39.2 Å². The molecule has 208 valence electrons. The third-order valence-corrected chi connectivity index (χ3v) is 6.80. The van der Waals surface area contributed by atoms with E-state index in [0.717, 1.165) is 0 Å². The van der Waals surface area contributed by atoms with Crippen LogP contribution in [0.3, 0.4) is 0 Å². The molecule has 0 bridgehead atoms. The maximum Gasteiger partial charge on any atom is 0.356 e. The average molecular weight is 565 g/mol. The van der Waals surface area contributed by atoms with Gasteiger partial charge in [-0.1, -0.05) is 13.8 Å². The smallest absolute Gasteiger partial charge is 0.356 e. The molecule has 0 unspecified atom stereocenters. The Bertz CT molecular complexity index is 1140. The van der Waals surface area contributed by atoms with Crippen LogP contribution in [0.2, 0.25) is 0 Å². The van der Waals surface area contributed by atoms with Crippen LogP contribution in [0.5, 0.6) is 0 Å². The van der Waals surface area contributed by atoms with E-state index < -0.39 is 50.4 Å². The zero-order valence-electron chi connectivity index (χ0n) is 21.0. The van der Waals surface area contributed by atoms with Crippen molar-refractivity contribution >= 4 is 54.8 Å². The normalized spacial score (nSPS) is 21.4. The fraction of sp³-hybridized carbons (Fsp3) is 0.650. The van der Waals surface area contributed by atoms with E-state index in [1.165, 1.54) is 6.33 Å². The molecule has 0 aromatic carbocycles. The van der Waals surface area contributed by atoms with Gasteiger partial charge in [-0.25, -0.2) is 9.78 Å². The Labute approximate surface area is 220 Å². The number of nitrogens with zero attached hydrogens (tertiary/aromatic N) is 4. The number of carbonyl (C=O) groups is 2. The molecular weight excluding hydrogens is 531 g/mol. The lowest BCUT2D eigenvalue weighted by Crippen LogP contribution is -2.52. The number of nitrogens with one attached hydrogen (secondary N) is 1. The zero-order chi connectivity index (χ0) is 26.6. The summed E-state index contributed by atoms with van der Waals surface area (Å²) in [5.41, 5.74) is 18.2. The van der Waals surface area contributed by atoms with Crippen molar-refractivity contribution in [2.24, 2.45) is 11.7 Å². The molecule has 1 fully saturated rings. The van der Waals surface area contributed by atoms with Crippen LogP contribution in [0.15, 0.2) is 6.33 Å². The van der Waals surface area contributed by atoms with Gasteiger partial charge in [-0.3, -0.25) is 9.36 Å². The van der Waals surface area contributed by atoms with Crippen molar-refractivity contribution in [2.75, 3.05) is 31.0 Å². The lowest BCUT2D eigenvalue weighted by molar-refractivity contribution is -0.152. The number of hydrogen-bond acceptors (Lipinski definition) is 13. The number of fused-ring (bicyclic) bond motifs is 1. The number of nitrogens with two attached hydrogens (primary N) is 3. The SMILES string of the molecule is CC(C)OC(=O)[C@H](CO[P@]1(=O)CO[C@@H](Cn2cnc3c(N)nc(N)nc32)CO1)NC(=O)[C@@H](N)C(C)C.Cl. The van der Waals surface area contributed by atoms with Gasteiger partial charge in [0.15, 0.2) is 17.5 Å². The first kappa shape index (κ1) is 30.7. The Morgan fingerprint density at radius 3 is 2.57 bits per heavy atom. The molecule has 2 aromatic rings. The highest BCUT2D eigenvalue weighted by Crippen LogP contribution is 2.51. The fourth-order valence-corrected chi connectivity index (χ4v) is 4.62. The van der Waals surface area contributed by atoms with Crippen molar-refractivity contribution in [3.63, 3.8) is 0 Å². The Morgan fingerprint density at radius 1 is 1.27 bits per heavy atom. The average Bonchev–Trinajstić information content (AvgIpc) is 3.19. The number of anilines is 2. The molecule has 1 saturated heterocycles. The van der Waals surface area contributed by atoms with Crippen LogP contribution in [0.1, 0.15) is 27.7 Å². The molecule has 7 N–H and O–H groups in total. The number of amides is 1. The number of nitrogen functional groups attached to an aromatic ring is 2. The van der Waals surface area contributed by atoms with Crippen molar-refractivity contribution in [1.29, 1.82) is 0 Å². The van der Waals surface area contributed by atoms with E-state index in [1.807, 2.05) is 0 Å². The van der Waals surface area contributed by atoms with Gasteiger partial charge in [-0.2, -0.15) is 9.97 Å². The summed E-state index contributed by atoms with van der Waals surface area (Å²) in [5.74, 6) is -1.31. The number of carbonyl (C=O) groups excluding carboxylic acids is 2. The second-order valence-electron chi connectivity index (χ2n) is 8.97. The first-order valence-corrected chi connectivity index (χ1v) is 13.1. The molecular formula is C20H34ClN8O7P. The molecule has 1 aliphatic heterocycles. The summed E-state index contributed by atoms with van der Waals surface area (Å²) in [6.45, 7) is 6.61. The summed E-state index contributed by atoms with van der Waals surface area (Å²) < 4.78 is 36.5. The summed E-state index contributed by atoms with van der Waals surface area (Å²) in [6.07, 6.45) is 0.209. The minimum absolute atomic E-state index is 0. The Morgan fingerprint density at radius 2 is 1.97 bits per heavy atom. The van der Waals surface area contributed by atoms with E-state index in [1.54, 1.807) is 32.3 Å². The number of ether oxygens (including phenoxy) is 2. The number of halogens is 1. The largest absolute Gasteiger partial charge is 0.461 e. The minimum Gasteiger partial charge on any atom is -0.461 e. The molecule has 0 spiro atoms. The van der Waals surface area contributed by atoms with E-state index >= 15 is 0 Å². The summed E-state index contributed by atoms with van der Waals surface area (Å²) in [6, 6.07) is -2.08. The zero-order valence-corrected chi connectivity index (χ0v) is 22.7. The molecule has 4 atom stereocenters. The van der Waals surface area contributed by atoms with Gasteiger partial charge >= 0.3 is 13.6 Å². The predicted molar refractivity (Wildman–Crippen MR) is 137 cm³/mol. The standard InChI is InChI=1S/C20H33N8O7P.ClH/c1-10(2)14(21)18(29)25-13(19(30)35-11(3)4)7-34-36(31)9-32-12(6-33-36)5-28-8-24-15-16(22)26-20(23)27-17(15)28;/h8,10-14H,5-7,9,21H2,1-4H3,(H,25,29)(H4,22,23,26,27);1H/t12-,13-,14-,36-;/m0./s1. The van der Waals surface area contributed by atoms with E-state index in [9.17, 15) is 14.2 Å². The van der Waals surface area contributed by atoms with Gasteiger partial charge in [0.2, 0.25) is 11.9 Å². The fourth-order valence-electron chi connectivity index (χ4n) is 3.24. The molecule has 0 saturated carbocycles. The second-order valence-corrected chi connectivity index (χ2v) is 11.0. The first-order valence-electron chi connectivity index (χ1n) is 11.4. The highest BCUT2D eigenvalue weighted by Gasteiger charge is 2.36. The van der Waals surface area contributed by atoms with E-state index in [-0.39, 0.29) is 49.6 Å². The monoisotopic (exact) mass is 564 g/mol. The topological polar surface area (TPSA) is 222 Å². The number of aromatic nitrogens is 4. The van der Waals surface area contributed by atoms with Gasteiger partial charge in [0.25, 0.3) is 0 Å². The second kappa shape index (κ2) is 12.8. The molecule has 2 aromatic heterocycles. The Kier molecular flexibility index (Phi) is 10.6. The molecule has 37 heavy (non-hydrogen) atoms. The van der Waals surface area contributed by atoms with Gasteiger partial charge in [0, 0.05) is 0 Å². The predicted octanol–water partition coefficient (Wildman–Crippen LogP) is 0.415. The number of hydrogen-bond donors (Lipinski definition) is 4. The van der Waals surface area contributed by atoms with Gasteiger partial charge in [-0.05, 0) is 19.8 Å². The number of esters is 1. The molecule has 3 rings (SSSR count). The molecule has 0 aliphatic carbocycles. The summed E-state index contributed by atoms with van der Waals surface area (Å²) in [7, 11) is -3.72. The van der Waals surface area contributed by atoms with Crippen molar-refractivity contribution in [3.8, 4) is 0 Å². The van der Waals surface area contributed by atoms with Crippen LogP contribution in [-0.4, -0.2) is 75.2 Å². The molecule has 15 nitrogen and oxygen atoms in total. The third kappa shape index (κ3) is 7.97. The van der Waals surface area contributed by atoms with Crippen LogP contribution >= 0.6 is 20.0 Å². The lowest BCUT2D eigenvalue weighted by atomic mass is 10.0. The lowest BCUT2D eigenvalue weighted by Gasteiger charge is -2.30. The van der Waals surface area contributed by atoms with Crippen molar-refractivity contribution in [3.05, 3.63) is 6.33 Å². The molecule has 0 radical (unpaired) electrons. The van der Waals surface area contributed by atoms with Gasteiger partial charge in [-0.15, -0.1) is 12.4 Å². The quantitative estimate of drug-likeness (QED) is 0.227. The summed E-state index contributed by atoms with van der Waals surface area (Å²) in [5, 5.41) is 2.50. The van der Waals surface area contributed by atoms with Crippen LogP contribution in [0, 0.1) is 5.92 Å². The van der Waals surface area contributed by atoms with Crippen molar-refractivity contribution in [2.45, 2.75) is 58.5 Å². The third-order valence-electron chi connectivity index (χ3n) is 5.25. The maximum atomic E-state index is 13.0. The molecule has 1 aliphatic rings. The van der Waals surface area contributed by atoms with Crippen molar-refractivity contribution in [1.82, 2.24) is 24.8 Å². The molecule has 3 heterocycles. The van der Waals surface area contributed by atoms with Crippen LogP contribution in [0.25, 0.3) is 11.2 Å². The van der Waals surface area contributed by atoms with Gasteiger partial charge < -0.3 is 45.6 Å². The van der Waals surface area contributed by atoms with Crippen molar-refractivity contribution < 1.29 is 32.7 Å².